The molecule has 0 spiro atoms. The number of hydrogen-bond acceptors (Lipinski definition) is 4. The van der Waals surface area contributed by atoms with Crippen molar-refractivity contribution in [3.05, 3.63) is 0 Å². The van der Waals surface area contributed by atoms with Gasteiger partial charge in [0.2, 0.25) is 0 Å². The van der Waals surface area contributed by atoms with E-state index in [1.807, 2.05) is 0 Å². The van der Waals surface area contributed by atoms with Crippen molar-refractivity contribution >= 4 is 11.6 Å². The lowest BCUT2D eigenvalue weighted by Crippen LogP contribution is -2.57. The lowest BCUT2D eigenvalue weighted by Gasteiger charge is -2.59. The van der Waals surface area contributed by atoms with Crippen molar-refractivity contribution < 1.29 is 19.8 Å². The molecule has 4 aliphatic carbocycles. The highest BCUT2D eigenvalue weighted by Gasteiger charge is 2.59. The van der Waals surface area contributed by atoms with E-state index in [1.54, 1.807) is 0 Å². The summed E-state index contributed by atoms with van der Waals surface area (Å²) < 4.78 is 0. The van der Waals surface area contributed by atoms with E-state index in [2.05, 4.69) is 41.5 Å². The van der Waals surface area contributed by atoms with E-state index in [0.29, 0.717) is 36.2 Å². The molecule has 4 saturated carbocycles. The summed E-state index contributed by atoms with van der Waals surface area (Å²) in [5.74, 6) is 1.42. The third kappa shape index (κ3) is 3.45. The molecule has 4 aliphatic rings. The molecule has 32 heavy (non-hydrogen) atoms. The molecule has 0 aromatic rings. The van der Waals surface area contributed by atoms with Crippen molar-refractivity contribution in [2.45, 2.75) is 118 Å². The summed E-state index contributed by atoms with van der Waals surface area (Å²) in [7, 11) is 0. The second kappa shape index (κ2) is 7.90. The maximum atomic E-state index is 13.2. The quantitative estimate of drug-likeness (QED) is 0.614. The zero-order valence-corrected chi connectivity index (χ0v) is 21.2. The number of carbonyl (C=O) groups excluding carboxylic acids is 2. The van der Waals surface area contributed by atoms with E-state index in [-0.39, 0.29) is 45.7 Å². The lowest BCUT2D eigenvalue weighted by atomic mass is 9.45. The Bertz CT molecular complexity index is 705. The van der Waals surface area contributed by atoms with Crippen LogP contribution in [-0.2, 0) is 9.59 Å². The van der Waals surface area contributed by atoms with Gasteiger partial charge in [-0.2, -0.15) is 0 Å². The van der Waals surface area contributed by atoms with Gasteiger partial charge in [0.05, 0.1) is 12.2 Å². The minimum absolute atomic E-state index is 0.00741. The molecule has 0 radical (unpaired) electrons. The second-order valence-corrected chi connectivity index (χ2v) is 13.6. The smallest absolute Gasteiger partial charge is 0.136 e. The standard InChI is InChI=1S/C28H46O4/c1-25(2)21-11-9-19(29)17(27(21,5)15-13-23(25)31)7-8-18-20(30)10-12-22-26(3,4)24(32)14-16-28(18,22)6/h17-18,21-24,31-32H,7-16H2,1-6H3/t17-,18+,21-,22+,23-,24-,27+,28+/m0/s1. The molecular weight excluding hydrogens is 400 g/mol. The summed E-state index contributed by atoms with van der Waals surface area (Å²) in [4.78, 5) is 26.5. The van der Waals surface area contributed by atoms with Gasteiger partial charge in [0.15, 0.2) is 0 Å². The number of Topliss-reactive ketones (excluding diaryl/α,β-unsaturated/α-hetero) is 2. The van der Waals surface area contributed by atoms with Gasteiger partial charge in [-0.3, -0.25) is 9.59 Å². The summed E-state index contributed by atoms with van der Waals surface area (Å²) in [6.45, 7) is 13.3. The van der Waals surface area contributed by atoms with E-state index in [4.69, 9.17) is 0 Å². The van der Waals surface area contributed by atoms with Crippen molar-refractivity contribution in [1.82, 2.24) is 0 Å². The number of aliphatic hydroxyl groups is 2. The summed E-state index contributed by atoms with van der Waals surface area (Å²) in [6, 6.07) is 0. The number of fused-ring (bicyclic) bond motifs is 2. The van der Waals surface area contributed by atoms with Crippen molar-refractivity contribution in [2.24, 2.45) is 45.3 Å². The Morgan fingerprint density at radius 2 is 1.00 bits per heavy atom. The molecule has 8 atom stereocenters. The number of rotatable bonds is 3. The topological polar surface area (TPSA) is 74.6 Å². The highest BCUT2D eigenvalue weighted by atomic mass is 16.3. The van der Waals surface area contributed by atoms with Crippen LogP contribution in [0.3, 0.4) is 0 Å². The van der Waals surface area contributed by atoms with E-state index < -0.39 is 0 Å². The predicted molar refractivity (Wildman–Crippen MR) is 126 cm³/mol. The van der Waals surface area contributed by atoms with Gasteiger partial charge in [-0.05, 0) is 84.9 Å². The Hall–Kier alpha value is -0.740. The molecule has 4 nitrogen and oxygen atoms in total. The number of ketones is 2. The van der Waals surface area contributed by atoms with Crippen LogP contribution in [0, 0.1) is 45.3 Å². The van der Waals surface area contributed by atoms with Gasteiger partial charge in [0.1, 0.15) is 11.6 Å². The third-order valence-corrected chi connectivity index (χ3v) is 11.5. The van der Waals surface area contributed by atoms with Crippen molar-refractivity contribution in [1.29, 1.82) is 0 Å². The Kier molecular flexibility index (Phi) is 6.02. The monoisotopic (exact) mass is 446 g/mol. The number of aliphatic hydroxyl groups excluding tert-OH is 2. The molecular formula is C28H46O4. The van der Waals surface area contributed by atoms with Crippen molar-refractivity contribution in [3.8, 4) is 0 Å². The Morgan fingerprint density at radius 3 is 1.34 bits per heavy atom. The van der Waals surface area contributed by atoms with Gasteiger partial charge in [0, 0.05) is 24.7 Å². The maximum Gasteiger partial charge on any atom is 0.136 e. The van der Waals surface area contributed by atoms with Crippen LogP contribution in [0.2, 0.25) is 0 Å². The molecule has 182 valence electrons. The first-order valence-electron chi connectivity index (χ1n) is 13.2. The maximum absolute atomic E-state index is 13.2. The average Bonchev–Trinajstić information content (AvgIpc) is 2.69. The Labute approximate surface area is 194 Å². The van der Waals surface area contributed by atoms with Crippen molar-refractivity contribution in [2.75, 3.05) is 0 Å². The highest BCUT2D eigenvalue weighted by Crippen LogP contribution is 2.62. The summed E-state index contributed by atoms with van der Waals surface area (Å²) in [5.41, 5.74) is -0.517. The molecule has 0 saturated heterocycles. The van der Waals surface area contributed by atoms with Gasteiger partial charge < -0.3 is 10.2 Å². The summed E-state index contributed by atoms with van der Waals surface area (Å²) in [5, 5.41) is 21.4. The highest BCUT2D eigenvalue weighted by molar-refractivity contribution is 5.84. The van der Waals surface area contributed by atoms with E-state index in [0.717, 1.165) is 51.4 Å². The summed E-state index contributed by atoms with van der Waals surface area (Å²) in [6.07, 6.45) is 7.28. The van der Waals surface area contributed by atoms with Gasteiger partial charge in [-0.15, -0.1) is 0 Å². The van der Waals surface area contributed by atoms with Crippen LogP contribution >= 0.6 is 0 Å². The summed E-state index contributed by atoms with van der Waals surface area (Å²) >= 11 is 0. The number of hydrogen-bond donors (Lipinski definition) is 2. The van der Waals surface area contributed by atoms with Gasteiger partial charge in [-0.25, -0.2) is 0 Å². The minimum Gasteiger partial charge on any atom is -0.393 e. The first-order valence-corrected chi connectivity index (χ1v) is 13.2. The van der Waals surface area contributed by atoms with Crippen LogP contribution in [-0.4, -0.2) is 34.0 Å². The van der Waals surface area contributed by atoms with Crippen LogP contribution in [0.15, 0.2) is 0 Å². The van der Waals surface area contributed by atoms with Crippen LogP contribution in [0.5, 0.6) is 0 Å². The van der Waals surface area contributed by atoms with Crippen LogP contribution < -0.4 is 0 Å². The first kappa shape index (κ1) is 24.4. The molecule has 2 N–H and O–H groups in total. The Balaban J connectivity index is 1.57. The molecule has 0 unspecified atom stereocenters. The predicted octanol–water partition coefficient (Wildman–Crippen LogP) is 5.33. The fraction of sp³-hybridized carbons (Fsp3) is 0.929. The largest absolute Gasteiger partial charge is 0.393 e. The average molecular weight is 447 g/mol. The lowest BCUT2D eigenvalue weighted by molar-refractivity contribution is -0.166. The molecule has 4 fully saturated rings. The molecule has 0 heterocycles. The van der Waals surface area contributed by atoms with E-state index in [1.165, 1.54) is 0 Å². The fourth-order valence-electron chi connectivity index (χ4n) is 9.36. The van der Waals surface area contributed by atoms with Gasteiger partial charge in [-0.1, -0.05) is 41.5 Å². The van der Waals surface area contributed by atoms with Gasteiger partial charge in [0.25, 0.3) is 0 Å². The minimum atomic E-state index is -0.301. The molecule has 4 rings (SSSR count). The van der Waals surface area contributed by atoms with Gasteiger partial charge >= 0.3 is 0 Å². The van der Waals surface area contributed by atoms with E-state index in [9.17, 15) is 19.8 Å². The second-order valence-electron chi connectivity index (χ2n) is 13.6. The molecule has 4 heteroatoms. The molecule has 0 aromatic heterocycles. The fourth-order valence-corrected chi connectivity index (χ4v) is 9.36. The third-order valence-electron chi connectivity index (χ3n) is 11.5. The van der Waals surface area contributed by atoms with E-state index >= 15 is 0 Å². The number of carbonyl (C=O) groups is 2. The first-order chi connectivity index (χ1) is 14.8. The molecule has 0 aromatic carbocycles. The van der Waals surface area contributed by atoms with Crippen LogP contribution in [0.1, 0.15) is 106 Å². The normalized spacial score (nSPS) is 48.1. The Morgan fingerprint density at radius 1 is 0.656 bits per heavy atom. The van der Waals surface area contributed by atoms with Crippen molar-refractivity contribution in [3.63, 3.8) is 0 Å². The SMILES string of the molecule is CC1(C)[C@H]2CCC(=O)[C@@H](CC[C@H]3C(=O)CC[C@H]4C(C)(C)[C@@H](O)CC[C@]34C)[C@@]2(C)CC[C@@H]1O. The zero-order valence-electron chi connectivity index (χ0n) is 21.2. The molecule has 0 amide bonds. The van der Waals surface area contributed by atoms with Crippen LogP contribution in [0.4, 0.5) is 0 Å². The zero-order chi connectivity index (χ0) is 23.7. The molecule has 0 aliphatic heterocycles. The molecule has 0 bridgehead atoms. The van der Waals surface area contributed by atoms with Crippen LogP contribution in [0.25, 0.3) is 0 Å².